The number of aromatic nitrogens is 4. The van der Waals surface area contributed by atoms with Crippen LogP contribution in [0.25, 0.3) is 22.0 Å². The van der Waals surface area contributed by atoms with E-state index >= 15 is 0 Å². The lowest BCUT2D eigenvalue weighted by molar-refractivity contribution is -0.274. The molecule has 4 rings (SSSR count). The number of alkyl halides is 3. The first-order chi connectivity index (χ1) is 13.8. The van der Waals surface area contributed by atoms with Crippen molar-refractivity contribution in [1.29, 1.82) is 0 Å². The number of benzene rings is 2. The maximum atomic E-state index is 12.9. The summed E-state index contributed by atoms with van der Waals surface area (Å²) in [6.45, 7) is 1.84. The van der Waals surface area contributed by atoms with E-state index in [-0.39, 0.29) is 17.9 Å². The predicted octanol–water partition coefficient (Wildman–Crippen LogP) is 3.70. The van der Waals surface area contributed by atoms with Crippen LogP contribution < -0.4 is 10.3 Å². The van der Waals surface area contributed by atoms with E-state index < -0.39 is 6.36 Å². The molecule has 4 aromatic rings. The van der Waals surface area contributed by atoms with Gasteiger partial charge in [-0.15, -0.1) is 13.2 Å². The van der Waals surface area contributed by atoms with E-state index in [0.29, 0.717) is 33.4 Å². The number of aryl methyl sites for hydroxylation is 1. The van der Waals surface area contributed by atoms with Crippen molar-refractivity contribution in [2.24, 2.45) is 0 Å². The quantitative estimate of drug-likeness (QED) is 0.518. The highest BCUT2D eigenvalue weighted by Gasteiger charge is 2.31. The molecule has 2 aromatic carbocycles. The SMILES string of the molecule is Cc1nonc1Cn1cnc2ccc(-c3cccc(OC(F)(F)F)c3)cc2c1=O. The lowest BCUT2D eigenvalue weighted by Gasteiger charge is -2.11. The number of halogens is 3. The van der Waals surface area contributed by atoms with Gasteiger partial charge in [-0.3, -0.25) is 9.36 Å². The van der Waals surface area contributed by atoms with Gasteiger partial charge in [0.05, 0.1) is 23.8 Å². The van der Waals surface area contributed by atoms with E-state index in [1.54, 1.807) is 31.2 Å². The molecule has 2 heterocycles. The minimum atomic E-state index is -4.78. The minimum absolute atomic E-state index is 0.135. The summed E-state index contributed by atoms with van der Waals surface area (Å²) in [4.78, 5) is 17.1. The van der Waals surface area contributed by atoms with Crippen LogP contribution in [0.2, 0.25) is 0 Å². The Labute approximate surface area is 161 Å². The monoisotopic (exact) mass is 402 g/mol. The summed E-state index contributed by atoms with van der Waals surface area (Å²) in [5.74, 6) is -0.340. The highest BCUT2D eigenvalue weighted by Crippen LogP contribution is 2.29. The lowest BCUT2D eigenvalue weighted by atomic mass is 10.0. The fourth-order valence-electron chi connectivity index (χ4n) is 2.88. The first-order valence-electron chi connectivity index (χ1n) is 8.43. The van der Waals surface area contributed by atoms with Gasteiger partial charge in [0, 0.05) is 0 Å². The zero-order valence-electron chi connectivity index (χ0n) is 15.0. The largest absolute Gasteiger partial charge is 0.573 e. The standard InChI is InChI=1S/C19H13F3N4O3/c1-11-17(25-29-24-11)9-26-10-23-16-6-5-13(8-15(16)18(26)27)12-3-2-4-14(7-12)28-19(20,21)22/h2-8,10H,9H2,1H3. The molecule has 0 unspecified atom stereocenters. The molecule has 0 aliphatic heterocycles. The molecule has 0 N–H and O–H groups in total. The second-order valence-corrected chi connectivity index (χ2v) is 6.28. The van der Waals surface area contributed by atoms with Gasteiger partial charge in [-0.2, -0.15) is 0 Å². The van der Waals surface area contributed by atoms with E-state index in [2.05, 4.69) is 24.7 Å². The van der Waals surface area contributed by atoms with E-state index in [0.717, 1.165) is 0 Å². The highest BCUT2D eigenvalue weighted by molar-refractivity contribution is 5.83. The molecule has 0 amide bonds. The van der Waals surface area contributed by atoms with Crippen LogP contribution in [0.5, 0.6) is 5.75 Å². The number of hydrogen-bond donors (Lipinski definition) is 0. The van der Waals surface area contributed by atoms with E-state index in [4.69, 9.17) is 0 Å². The molecule has 0 aliphatic rings. The van der Waals surface area contributed by atoms with Crippen molar-refractivity contribution in [3.05, 3.63) is 70.5 Å². The number of fused-ring (bicyclic) bond motifs is 1. The van der Waals surface area contributed by atoms with E-state index in [1.165, 1.54) is 29.1 Å². The van der Waals surface area contributed by atoms with Gasteiger partial charge in [-0.05, 0) is 42.3 Å². The molecular weight excluding hydrogens is 389 g/mol. The Morgan fingerprint density at radius 1 is 1.10 bits per heavy atom. The smallest absolute Gasteiger partial charge is 0.406 e. The molecule has 0 saturated carbocycles. The average Bonchev–Trinajstić information content (AvgIpc) is 3.07. The summed E-state index contributed by atoms with van der Waals surface area (Å²) in [6, 6.07) is 10.4. The Morgan fingerprint density at radius 3 is 2.62 bits per heavy atom. The van der Waals surface area contributed by atoms with Gasteiger partial charge >= 0.3 is 6.36 Å². The Kier molecular flexibility index (Phi) is 4.53. The van der Waals surface area contributed by atoms with E-state index in [9.17, 15) is 18.0 Å². The predicted molar refractivity (Wildman–Crippen MR) is 96.3 cm³/mol. The molecule has 0 fully saturated rings. The maximum Gasteiger partial charge on any atom is 0.573 e. The molecule has 0 radical (unpaired) electrons. The van der Waals surface area contributed by atoms with Gasteiger partial charge < -0.3 is 4.74 Å². The molecule has 0 atom stereocenters. The van der Waals surface area contributed by atoms with Gasteiger partial charge in [-0.1, -0.05) is 28.5 Å². The van der Waals surface area contributed by atoms with Gasteiger partial charge in [0.25, 0.3) is 5.56 Å². The average molecular weight is 402 g/mol. The Morgan fingerprint density at radius 2 is 1.90 bits per heavy atom. The normalized spacial score (nSPS) is 11.7. The highest BCUT2D eigenvalue weighted by atomic mass is 19.4. The number of ether oxygens (including phenoxy) is 1. The number of hydrogen-bond acceptors (Lipinski definition) is 6. The third-order valence-electron chi connectivity index (χ3n) is 4.29. The van der Waals surface area contributed by atoms with Crippen LogP contribution in [0.1, 0.15) is 11.4 Å². The van der Waals surface area contributed by atoms with Crippen LogP contribution in [0.15, 0.2) is 58.2 Å². The van der Waals surface area contributed by atoms with Crippen LogP contribution in [-0.4, -0.2) is 26.2 Å². The second kappa shape index (κ2) is 7.04. The summed E-state index contributed by atoms with van der Waals surface area (Å²) < 4.78 is 47.4. The molecule has 10 heteroatoms. The summed E-state index contributed by atoms with van der Waals surface area (Å²) >= 11 is 0. The summed E-state index contributed by atoms with van der Waals surface area (Å²) in [5, 5.41) is 7.76. The van der Waals surface area contributed by atoms with Crippen molar-refractivity contribution in [2.75, 3.05) is 0 Å². The summed E-state index contributed by atoms with van der Waals surface area (Å²) in [5.41, 5.74) is 2.24. The van der Waals surface area contributed by atoms with Crippen LogP contribution in [0.4, 0.5) is 13.2 Å². The molecule has 0 saturated heterocycles. The van der Waals surface area contributed by atoms with Crippen molar-refractivity contribution in [3.63, 3.8) is 0 Å². The zero-order valence-corrected chi connectivity index (χ0v) is 15.0. The van der Waals surface area contributed by atoms with Crippen molar-refractivity contribution in [3.8, 4) is 16.9 Å². The molecule has 7 nitrogen and oxygen atoms in total. The van der Waals surface area contributed by atoms with E-state index in [1.807, 2.05) is 0 Å². The number of rotatable bonds is 4. The lowest BCUT2D eigenvalue weighted by Crippen LogP contribution is -2.21. The van der Waals surface area contributed by atoms with Gasteiger partial charge in [-0.25, -0.2) is 9.61 Å². The molecule has 0 bridgehead atoms. The molecular formula is C19H13F3N4O3. The Hall–Kier alpha value is -3.69. The fraction of sp³-hybridized carbons (Fsp3) is 0.158. The van der Waals surface area contributed by atoms with Crippen molar-refractivity contribution in [1.82, 2.24) is 19.9 Å². The second-order valence-electron chi connectivity index (χ2n) is 6.28. The van der Waals surface area contributed by atoms with Crippen molar-refractivity contribution in [2.45, 2.75) is 19.8 Å². The van der Waals surface area contributed by atoms with Crippen molar-refractivity contribution < 1.29 is 22.5 Å². The molecule has 148 valence electrons. The fourth-order valence-corrected chi connectivity index (χ4v) is 2.88. The zero-order chi connectivity index (χ0) is 20.6. The topological polar surface area (TPSA) is 83.0 Å². The van der Waals surface area contributed by atoms with Gasteiger partial charge in [0.15, 0.2) is 0 Å². The van der Waals surface area contributed by atoms with Crippen LogP contribution in [-0.2, 0) is 6.54 Å². The van der Waals surface area contributed by atoms with Crippen LogP contribution in [0.3, 0.4) is 0 Å². The molecule has 0 spiro atoms. The maximum absolute atomic E-state index is 12.9. The Balaban J connectivity index is 1.74. The van der Waals surface area contributed by atoms with Gasteiger partial charge in [0.1, 0.15) is 17.1 Å². The summed E-state index contributed by atoms with van der Waals surface area (Å²) in [7, 11) is 0. The minimum Gasteiger partial charge on any atom is -0.406 e. The molecule has 0 aliphatic carbocycles. The number of nitrogens with zero attached hydrogens (tertiary/aromatic N) is 4. The first kappa shape index (κ1) is 18.7. The molecule has 2 aromatic heterocycles. The third kappa shape index (κ3) is 3.96. The van der Waals surface area contributed by atoms with Crippen LogP contribution in [0, 0.1) is 6.92 Å². The third-order valence-corrected chi connectivity index (χ3v) is 4.29. The first-order valence-corrected chi connectivity index (χ1v) is 8.43. The van der Waals surface area contributed by atoms with Gasteiger partial charge in [0.2, 0.25) is 0 Å². The van der Waals surface area contributed by atoms with Crippen LogP contribution >= 0.6 is 0 Å². The van der Waals surface area contributed by atoms with Crippen molar-refractivity contribution >= 4 is 10.9 Å². The Bertz CT molecular complexity index is 1250. The summed E-state index contributed by atoms with van der Waals surface area (Å²) in [6.07, 6.45) is -3.38. The molecule has 29 heavy (non-hydrogen) atoms.